The third-order valence-electron chi connectivity index (χ3n) is 3.20. The van der Waals surface area contributed by atoms with Gasteiger partial charge in [0.2, 0.25) is 0 Å². The minimum atomic E-state index is 0.801. The van der Waals surface area contributed by atoms with Gasteiger partial charge in [0, 0.05) is 11.6 Å². The van der Waals surface area contributed by atoms with Crippen molar-refractivity contribution in [2.45, 2.75) is 31.6 Å². The molecular formula is C12H13NS. The predicted molar refractivity (Wildman–Crippen MR) is 60.8 cm³/mol. The Labute approximate surface area is 87.8 Å². The van der Waals surface area contributed by atoms with E-state index in [0.717, 1.165) is 5.92 Å². The molecule has 1 nitrogen and oxygen atoms in total. The number of hydrogen-bond donors (Lipinski definition) is 0. The monoisotopic (exact) mass is 203 g/mol. The van der Waals surface area contributed by atoms with E-state index in [1.807, 2.05) is 6.20 Å². The maximum Gasteiger partial charge on any atom is 0.123 e. The minimum absolute atomic E-state index is 0.801. The molecule has 2 aromatic rings. The molecule has 1 aliphatic rings. The van der Waals surface area contributed by atoms with Crippen LogP contribution < -0.4 is 0 Å². The molecule has 0 N–H and O–H groups in total. The standard InChI is InChI=1S/C12H13NS/c1-2-4-9(3-1)10-5-7-13-12-11(10)6-8-14-12/h5-9H,1-4H2. The summed E-state index contributed by atoms with van der Waals surface area (Å²) in [6.07, 6.45) is 7.51. The van der Waals surface area contributed by atoms with Crippen LogP contribution in [-0.2, 0) is 0 Å². The van der Waals surface area contributed by atoms with Gasteiger partial charge >= 0.3 is 0 Å². The SMILES string of the molecule is c1cc(C2CCCC2)c2ccsc2n1. The van der Waals surface area contributed by atoms with E-state index in [4.69, 9.17) is 0 Å². The third-order valence-corrected chi connectivity index (χ3v) is 4.02. The molecule has 0 spiro atoms. The molecule has 1 fully saturated rings. The highest BCUT2D eigenvalue weighted by Gasteiger charge is 2.19. The van der Waals surface area contributed by atoms with Gasteiger partial charge < -0.3 is 0 Å². The van der Waals surface area contributed by atoms with E-state index < -0.39 is 0 Å². The normalized spacial score (nSPS) is 18.0. The highest BCUT2D eigenvalue weighted by Crippen LogP contribution is 2.37. The minimum Gasteiger partial charge on any atom is -0.245 e. The first-order valence-electron chi connectivity index (χ1n) is 5.27. The van der Waals surface area contributed by atoms with Crippen LogP contribution in [0.5, 0.6) is 0 Å². The molecular weight excluding hydrogens is 190 g/mol. The fourth-order valence-corrected chi connectivity index (χ4v) is 3.26. The van der Waals surface area contributed by atoms with E-state index >= 15 is 0 Å². The van der Waals surface area contributed by atoms with E-state index in [-0.39, 0.29) is 0 Å². The second-order valence-electron chi connectivity index (χ2n) is 4.02. The van der Waals surface area contributed by atoms with Crippen molar-refractivity contribution >= 4 is 21.6 Å². The molecule has 3 rings (SSSR count). The number of thiophene rings is 1. The Morgan fingerprint density at radius 2 is 2.07 bits per heavy atom. The molecule has 0 unspecified atom stereocenters. The van der Waals surface area contributed by atoms with Crippen LogP contribution in [0.2, 0.25) is 0 Å². The van der Waals surface area contributed by atoms with E-state index in [1.165, 1.54) is 41.5 Å². The third kappa shape index (κ3) is 1.25. The van der Waals surface area contributed by atoms with E-state index in [2.05, 4.69) is 22.5 Å². The topological polar surface area (TPSA) is 12.9 Å². The summed E-state index contributed by atoms with van der Waals surface area (Å²) >= 11 is 1.75. The molecule has 0 saturated heterocycles. The van der Waals surface area contributed by atoms with Gasteiger partial charge in [-0.25, -0.2) is 4.98 Å². The van der Waals surface area contributed by atoms with Gasteiger partial charge in [0.05, 0.1) is 0 Å². The fraction of sp³-hybridized carbons (Fsp3) is 0.417. The van der Waals surface area contributed by atoms with Crippen LogP contribution in [0, 0.1) is 0 Å². The van der Waals surface area contributed by atoms with Crippen molar-refractivity contribution in [2.24, 2.45) is 0 Å². The summed E-state index contributed by atoms with van der Waals surface area (Å²) in [6, 6.07) is 4.44. The van der Waals surface area contributed by atoms with Crippen molar-refractivity contribution in [1.29, 1.82) is 0 Å². The van der Waals surface area contributed by atoms with Crippen molar-refractivity contribution in [3.63, 3.8) is 0 Å². The predicted octanol–water partition coefficient (Wildman–Crippen LogP) is 3.95. The summed E-state index contributed by atoms with van der Waals surface area (Å²) in [6.45, 7) is 0. The zero-order valence-electron chi connectivity index (χ0n) is 8.07. The first-order valence-corrected chi connectivity index (χ1v) is 6.15. The largest absolute Gasteiger partial charge is 0.245 e. The number of nitrogens with zero attached hydrogens (tertiary/aromatic N) is 1. The molecule has 0 amide bonds. The van der Waals surface area contributed by atoms with Gasteiger partial charge in [-0.15, -0.1) is 11.3 Å². The zero-order chi connectivity index (χ0) is 9.38. The zero-order valence-corrected chi connectivity index (χ0v) is 8.89. The Morgan fingerprint density at radius 1 is 1.21 bits per heavy atom. The van der Waals surface area contributed by atoms with Crippen molar-refractivity contribution < 1.29 is 0 Å². The molecule has 2 heterocycles. The average Bonchev–Trinajstić information content (AvgIpc) is 2.88. The van der Waals surface area contributed by atoms with Gasteiger partial charge in [-0.3, -0.25) is 0 Å². The first-order chi connectivity index (χ1) is 6.95. The van der Waals surface area contributed by atoms with Crippen molar-refractivity contribution in [1.82, 2.24) is 4.98 Å². The lowest BCUT2D eigenvalue weighted by molar-refractivity contribution is 0.729. The molecule has 0 bridgehead atoms. The molecule has 14 heavy (non-hydrogen) atoms. The molecule has 0 aromatic carbocycles. The van der Waals surface area contributed by atoms with Gasteiger partial charge in [-0.1, -0.05) is 12.8 Å². The van der Waals surface area contributed by atoms with Crippen molar-refractivity contribution in [3.05, 3.63) is 29.3 Å². The molecule has 0 radical (unpaired) electrons. The summed E-state index contributed by atoms with van der Waals surface area (Å²) in [5.74, 6) is 0.801. The summed E-state index contributed by atoms with van der Waals surface area (Å²) in [4.78, 5) is 5.59. The van der Waals surface area contributed by atoms with Crippen LogP contribution in [0.4, 0.5) is 0 Å². The van der Waals surface area contributed by atoms with Crippen LogP contribution in [0.25, 0.3) is 10.2 Å². The lowest BCUT2D eigenvalue weighted by Crippen LogP contribution is -1.92. The molecule has 0 atom stereocenters. The Kier molecular flexibility index (Phi) is 2.02. The van der Waals surface area contributed by atoms with Gasteiger partial charge in [-0.2, -0.15) is 0 Å². The Balaban J connectivity index is 2.14. The summed E-state index contributed by atoms with van der Waals surface area (Å²) < 4.78 is 0. The van der Waals surface area contributed by atoms with Crippen LogP contribution >= 0.6 is 11.3 Å². The van der Waals surface area contributed by atoms with Crippen LogP contribution in [0.15, 0.2) is 23.7 Å². The molecule has 1 saturated carbocycles. The molecule has 0 aliphatic heterocycles. The molecule has 1 aliphatic carbocycles. The van der Waals surface area contributed by atoms with Crippen LogP contribution in [0.3, 0.4) is 0 Å². The number of fused-ring (bicyclic) bond motifs is 1. The van der Waals surface area contributed by atoms with E-state index in [0.29, 0.717) is 0 Å². The van der Waals surface area contributed by atoms with Crippen molar-refractivity contribution in [3.8, 4) is 0 Å². The average molecular weight is 203 g/mol. The number of hydrogen-bond acceptors (Lipinski definition) is 2. The van der Waals surface area contributed by atoms with Crippen LogP contribution in [0.1, 0.15) is 37.2 Å². The number of rotatable bonds is 1. The number of aromatic nitrogens is 1. The Hall–Kier alpha value is -0.890. The maximum atomic E-state index is 4.39. The van der Waals surface area contributed by atoms with Gasteiger partial charge in [0.15, 0.2) is 0 Å². The van der Waals surface area contributed by atoms with E-state index in [1.54, 1.807) is 11.3 Å². The lowest BCUT2D eigenvalue weighted by Gasteiger charge is -2.09. The summed E-state index contributed by atoms with van der Waals surface area (Å²) in [7, 11) is 0. The van der Waals surface area contributed by atoms with Crippen LogP contribution in [-0.4, -0.2) is 4.98 Å². The fourth-order valence-electron chi connectivity index (χ4n) is 2.49. The van der Waals surface area contributed by atoms with Crippen molar-refractivity contribution in [2.75, 3.05) is 0 Å². The summed E-state index contributed by atoms with van der Waals surface area (Å²) in [5, 5.41) is 3.54. The smallest absolute Gasteiger partial charge is 0.123 e. The second-order valence-corrected chi connectivity index (χ2v) is 4.92. The summed E-state index contributed by atoms with van der Waals surface area (Å²) in [5.41, 5.74) is 1.54. The highest BCUT2D eigenvalue weighted by atomic mass is 32.1. The first kappa shape index (κ1) is 8.42. The molecule has 2 heteroatoms. The van der Waals surface area contributed by atoms with Gasteiger partial charge in [-0.05, 0) is 41.8 Å². The number of pyridine rings is 1. The molecule has 2 aromatic heterocycles. The highest BCUT2D eigenvalue weighted by molar-refractivity contribution is 7.16. The van der Waals surface area contributed by atoms with Gasteiger partial charge in [0.25, 0.3) is 0 Å². The second kappa shape index (κ2) is 3.35. The van der Waals surface area contributed by atoms with E-state index in [9.17, 15) is 0 Å². The Morgan fingerprint density at radius 3 is 2.93 bits per heavy atom. The quantitative estimate of drug-likeness (QED) is 0.683. The Bertz CT molecular complexity index is 440. The maximum absolute atomic E-state index is 4.39. The molecule has 72 valence electrons. The van der Waals surface area contributed by atoms with Gasteiger partial charge in [0.1, 0.15) is 4.83 Å². The lowest BCUT2D eigenvalue weighted by atomic mass is 9.96.